The normalized spacial score (nSPS) is 10.2. The van der Waals surface area contributed by atoms with Gasteiger partial charge in [0, 0.05) is 31.7 Å². The van der Waals surface area contributed by atoms with Gasteiger partial charge >= 0.3 is 0 Å². The van der Waals surface area contributed by atoms with Crippen molar-refractivity contribution in [2.24, 2.45) is 0 Å². The van der Waals surface area contributed by atoms with Crippen LogP contribution in [-0.2, 0) is 13.1 Å². The summed E-state index contributed by atoms with van der Waals surface area (Å²) in [5.41, 5.74) is 2.43. The molecule has 0 atom stereocenters. The van der Waals surface area contributed by atoms with Crippen LogP contribution in [0.2, 0.25) is 0 Å². The van der Waals surface area contributed by atoms with Crippen LogP contribution >= 0.6 is 0 Å². The molecule has 0 bridgehead atoms. The quantitative estimate of drug-likeness (QED) is 0.729. The lowest BCUT2D eigenvalue weighted by molar-refractivity contribution is 0.0946. The number of hydrogen-bond donors (Lipinski definition) is 2. The van der Waals surface area contributed by atoms with Crippen LogP contribution in [0.4, 0.5) is 5.95 Å². The Balaban J connectivity index is 1.59. The molecule has 0 saturated heterocycles. The van der Waals surface area contributed by atoms with Crippen molar-refractivity contribution in [3.63, 3.8) is 0 Å². The average molecular weight is 319 g/mol. The Morgan fingerprint density at radius 3 is 2.42 bits per heavy atom. The number of carbonyl (C=O) groups excluding carboxylic acids is 1. The second-order valence-electron chi connectivity index (χ2n) is 5.14. The molecule has 24 heavy (non-hydrogen) atoms. The number of anilines is 1. The number of benzene rings is 1. The predicted molar refractivity (Wildman–Crippen MR) is 91.2 cm³/mol. The summed E-state index contributed by atoms with van der Waals surface area (Å²) in [6.45, 7) is 1.03. The molecule has 0 aliphatic heterocycles. The fourth-order valence-corrected chi connectivity index (χ4v) is 2.12. The van der Waals surface area contributed by atoms with Gasteiger partial charge < -0.3 is 10.6 Å². The summed E-state index contributed by atoms with van der Waals surface area (Å²) in [4.78, 5) is 24.5. The van der Waals surface area contributed by atoms with Gasteiger partial charge in [0.2, 0.25) is 5.95 Å². The van der Waals surface area contributed by atoms with Crippen LogP contribution in [-0.4, -0.2) is 20.9 Å². The first-order chi connectivity index (χ1) is 11.8. The molecule has 6 nitrogen and oxygen atoms in total. The molecular formula is C18H17N5O. The van der Waals surface area contributed by atoms with Gasteiger partial charge in [0.05, 0.1) is 0 Å². The van der Waals surface area contributed by atoms with Crippen LogP contribution in [0.5, 0.6) is 0 Å². The van der Waals surface area contributed by atoms with Crippen molar-refractivity contribution in [1.82, 2.24) is 20.3 Å². The molecule has 3 rings (SSSR count). The minimum absolute atomic E-state index is 0.239. The number of carbonyl (C=O) groups is 1. The average Bonchev–Trinajstić information content (AvgIpc) is 2.66. The molecule has 0 spiro atoms. The van der Waals surface area contributed by atoms with E-state index in [9.17, 15) is 4.79 Å². The molecule has 0 unspecified atom stereocenters. The molecule has 0 aliphatic carbocycles. The Hall–Kier alpha value is -3.28. The molecule has 1 amide bonds. The van der Waals surface area contributed by atoms with Crippen molar-refractivity contribution in [3.8, 4) is 0 Å². The van der Waals surface area contributed by atoms with E-state index in [1.54, 1.807) is 24.7 Å². The highest BCUT2D eigenvalue weighted by Crippen LogP contribution is 2.05. The first-order valence-electron chi connectivity index (χ1n) is 7.59. The smallest absolute Gasteiger partial charge is 0.270 e. The maximum absolute atomic E-state index is 12.2. The lowest BCUT2D eigenvalue weighted by atomic mass is 10.2. The Bertz CT molecular complexity index is 793. The maximum Gasteiger partial charge on any atom is 0.270 e. The third kappa shape index (κ3) is 4.36. The molecule has 0 aliphatic rings. The lowest BCUT2D eigenvalue weighted by Gasteiger charge is -2.07. The Morgan fingerprint density at radius 2 is 1.62 bits per heavy atom. The van der Waals surface area contributed by atoms with Gasteiger partial charge in [-0.25, -0.2) is 9.97 Å². The van der Waals surface area contributed by atoms with Gasteiger partial charge in [0.25, 0.3) is 5.91 Å². The molecular weight excluding hydrogens is 302 g/mol. The number of hydrogen-bond acceptors (Lipinski definition) is 5. The van der Waals surface area contributed by atoms with Crippen LogP contribution < -0.4 is 10.6 Å². The topological polar surface area (TPSA) is 79.8 Å². The van der Waals surface area contributed by atoms with E-state index in [1.807, 2.05) is 42.5 Å². The first kappa shape index (κ1) is 15.6. The van der Waals surface area contributed by atoms with Crippen LogP contribution in [0, 0.1) is 0 Å². The molecule has 0 fully saturated rings. The standard InChI is InChI=1S/C18H17N5O/c24-17(21-12-15-6-9-19-10-7-15)16-8-11-20-18(23-16)22-13-14-4-2-1-3-5-14/h1-11H,12-13H2,(H,21,24)(H,20,22,23). The first-order valence-corrected chi connectivity index (χ1v) is 7.59. The highest BCUT2D eigenvalue weighted by atomic mass is 16.1. The predicted octanol–water partition coefficient (Wildman–Crippen LogP) is 2.41. The summed E-state index contributed by atoms with van der Waals surface area (Å²) in [5, 5.41) is 5.95. The van der Waals surface area contributed by atoms with Crippen molar-refractivity contribution in [1.29, 1.82) is 0 Å². The largest absolute Gasteiger partial charge is 0.350 e. The minimum atomic E-state index is -0.239. The Labute approximate surface area is 140 Å². The van der Waals surface area contributed by atoms with Crippen molar-refractivity contribution >= 4 is 11.9 Å². The number of amides is 1. The van der Waals surface area contributed by atoms with E-state index in [0.29, 0.717) is 24.7 Å². The van der Waals surface area contributed by atoms with E-state index in [-0.39, 0.29) is 5.91 Å². The fourth-order valence-electron chi connectivity index (χ4n) is 2.12. The monoisotopic (exact) mass is 319 g/mol. The van der Waals surface area contributed by atoms with Crippen LogP contribution in [0.1, 0.15) is 21.6 Å². The van der Waals surface area contributed by atoms with Crippen LogP contribution in [0.25, 0.3) is 0 Å². The Kier molecular flexibility index (Phi) is 5.09. The van der Waals surface area contributed by atoms with E-state index in [0.717, 1.165) is 11.1 Å². The fraction of sp³-hybridized carbons (Fsp3) is 0.111. The summed E-state index contributed by atoms with van der Waals surface area (Å²) in [6.07, 6.45) is 4.96. The SMILES string of the molecule is O=C(NCc1ccncc1)c1ccnc(NCc2ccccc2)n1. The van der Waals surface area contributed by atoms with Gasteiger partial charge in [-0.3, -0.25) is 9.78 Å². The molecule has 0 saturated carbocycles. The molecule has 1 aromatic carbocycles. The molecule has 2 N–H and O–H groups in total. The zero-order valence-electron chi connectivity index (χ0n) is 13.0. The third-order valence-corrected chi connectivity index (χ3v) is 3.38. The highest BCUT2D eigenvalue weighted by Gasteiger charge is 2.08. The van der Waals surface area contributed by atoms with Crippen LogP contribution in [0.3, 0.4) is 0 Å². The van der Waals surface area contributed by atoms with E-state index in [4.69, 9.17) is 0 Å². The molecule has 2 aromatic heterocycles. The van der Waals surface area contributed by atoms with E-state index >= 15 is 0 Å². The van der Waals surface area contributed by atoms with Crippen molar-refractivity contribution in [2.75, 3.05) is 5.32 Å². The zero-order valence-corrected chi connectivity index (χ0v) is 13.0. The molecule has 6 heteroatoms. The van der Waals surface area contributed by atoms with Crippen molar-refractivity contribution in [2.45, 2.75) is 13.1 Å². The molecule has 0 radical (unpaired) electrons. The number of nitrogens with zero attached hydrogens (tertiary/aromatic N) is 3. The number of aromatic nitrogens is 3. The second-order valence-corrected chi connectivity index (χ2v) is 5.14. The second kappa shape index (κ2) is 7.82. The third-order valence-electron chi connectivity index (χ3n) is 3.38. The van der Waals surface area contributed by atoms with E-state index < -0.39 is 0 Å². The van der Waals surface area contributed by atoms with Gasteiger partial charge in [-0.15, -0.1) is 0 Å². The van der Waals surface area contributed by atoms with Crippen LogP contribution in [0.15, 0.2) is 67.1 Å². The molecule has 120 valence electrons. The van der Waals surface area contributed by atoms with Gasteiger partial charge in [-0.1, -0.05) is 30.3 Å². The van der Waals surface area contributed by atoms with Gasteiger partial charge in [-0.2, -0.15) is 0 Å². The number of pyridine rings is 1. The highest BCUT2D eigenvalue weighted by molar-refractivity contribution is 5.92. The number of rotatable bonds is 6. The summed E-state index contributed by atoms with van der Waals surface area (Å²) in [5.74, 6) is 0.187. The summed E-state index contributed by atoms with van der Waals surface area (Å²) in [7, 11) is 0. The molecule has 3 aromatic rings. The van der Waals surface area contributed by atoms with Gasteiger partial charge in [-0.05, 0) is 29.3 Å². The van der Waals surface area contributed by atoms with Gasteiger partial charge in [0.15, 0.2) is 0 Å². The molecule has 2 heterocycles. The summed E-state index contributed by atoms with van der Waals surface area (Å²) < 4.78 is 0. The maximum atomic E-state index is 12.2. The van der Waals surface area contributed by atoms with Gasteiger partial charge in [0.1, 0.15) is 5.69 Å². The van der Waals surface area contributed by atoms with E-state index in [1.165, 1.54) is 0 Å². The lowest BCUT2D eigenvalue weighted by Crippen LogP contribution is -2.24. The Morgan fingerprint density at radius 1 is 0.875 bits per heavy atom. The minimum Gasteiger partial charge on any atom is -0.350 e. The van der Waals surface area contributed by atoms with Crippen molar-refractivity contribution < 1.29 is 4.79 Å². The zero-order chi connectivity index (χ0) is 16.6. The number of nitrogens with one attached hydrogen (secondary N) is 2. The summed E-state index contributed by atoms with van der Waals surface area (Å²) >= 11 is 0. The summed E-state index contributed by atoms with van der Waals surface area (Å²) in [6, 6.07) is 15.2. The van der Waals surface area contributed by atoms with Crippen molar-refractivity contribution in [3.05, 3.63) is 83.9 Å². The van der Waals surface area contributed by atoms with E-state index in [2.05, 4.69) is 25.6 Å².